The standard InChI is InChI=1S/C18H20N2O2/c21-18(17-9-11-20(22)12-10-17)19(14-16-7-4-8-16)13-15-5-2-1-3-6-15/h1-3,5-6,9-12,16H,4,7-8,13-14H2. The van der Waals surface area contributed by atoms with Gasteiger partial charge in [0.05, 0.1) is 5.56 Å². The molecule has 1 aromatic heterocycles. The first-order chi connectivity index (χ1) is 10.7. The zero-order valence-corrected chi connectivity index (χ0v) is 12.5. The van der Waals surface area contributed by atoms with Crippen LogP contribution in [0, 0.1) is 11.1 Å². The number of nitrogens with zero attached hydrogens (tertiary/aromatic N) is 2. The minimum absolute atomic E-state index is 0.00338. The van der Waals surface area contributed by atoms with Crippen molar-refractivity contribution in [3.63, 3.8) is 0 Å². The molecule has 0 bridgehead atoms. The summed E-state index contributed by atoms with van der Waals surface area (Å²) in [5, 5.41) is 11.1. The summed E-state index contributed by atoms with van der Waals surface area (Å²) >= 11 is 0. The molecule has 0 N–H and O–H groups in total. The topological polar surface area (TPSA) is 47.2 Å². The van der Waals surface area contributed by atoms with Crippen LogP contribution in [0.15, 0.2) is 54.9 Å². The summed E-state index contributed by atoms with van der Waals surface area (Å²) in [4.78, 5) is 14.7. The van der Waals surface area contributed by atoms with Crippen LogP contribution in [0.5, 0.6) is 0 Å². The number of hydrogen-bond acceptors (Lipinski definition) is 2. The number of aromatic nitrogens is 1. The lowest BCUT2D eigenvalue weighted by molar-refractivity contribution is -0.605. The van der Waals surface area contributed by atoms with E-state index in [0.717, 1.165) is 12.1 Å². The van der Waals surface area contributed by atoms with Gasteiger partial charge in [-0.2, -0.15) is 4.73 Å². The van der Waals surface area contributed by atoms with Crippen molar-refractivity contribution in [2.45, 2.75) is 25.8 Å². The first-order valence-corrected chi connectivity index (χ1v) is 7.74. The molecule has 4 nitrogen and oxygen atoms in total. The molecule has 2 aromatic rings. The van der Waals surface area contributed by atoms with Gasteiger partial charge in [0, 0.05) is 25.2 Å². The van der Waals surface area contributed by atoms with Crippen molar-refractivity contribution in [3.8, 4) is 0 Å². The fourth-order valence-corrected chi connectivity index (χ4v) is 2.75. The minimum Gasteiger partial charge on any atom is -0.619 e. The Kier molecular flexibility index (Phi) is 4.37. The van der Waals surface area contributed by atoms with Crippen LogP contribution in [0.1, 0.15) is 35.2 Å². The molecule has 3 rings (SSSR count). The summed E-state index contributed by atoms with van der Waals surface area (Å²) in [6, 6.07) is 13.2. The quantitative estimate of drug-likeness (QED) is 0.629. The van der Waals surface area contributed by atoms with E-state index in [2.05, 4.69) is 0 Å². The fourth-order valence-electron chi connectivity index (χ4n) is 2.75. The fraction of sp³-hybridized carbons (Fsp3) is 0.333. The van der Waals surface area contributed by atoms with E-state index in [4.69, 9.17) is 0 Å². The first-order valence-electron chi connectivity index (χ1n) is 7.74. The van der Waals surface area contributed by atoms with Crippen molar-refractivity contribution in [3.05, 3.63) is 71.2 Å². The number of pyridine rings is 1. The van der Waals surface area contributed by atoms with E-state index in [0.29, 0.717) is 22.8 Å². The number of amides is 1. The van der Waals surface area contributed by atoms with Gasteiger partial charge in [-0.15, -0.1) is 0 Å². The monoisotopic (exact) mass is 296 g/mol. The van der Waals surface area contributed by atoms with Crippen LogP contribution >= 0.6 is 0 Å². The summed E-state index contributed by atoms with van der Waals surface area (Å²) in [5.74, 6) is 0.608. The third-order valence-electron chi connectivity index (χ3n) is 4.26. The van der Waals surface area contributed by atoms with E-state index < -0.39 is 0 Å². The van der Waals surface area contributed by atoms with E-state index >= 15 is 0 Å². The second kappa shape index (κ2) is 6.60. The maximum Gasteiger partial charge on any atom is 0.254 e. The average Bonchev–Trinajstić information content (AvgIpc) is 2.50. The van der Waals surface area contributed by atoms with Gasteiger partial charge in [0.1, 0.15) is 0 Å². The number of carbonyl (C=O) groups excluding carboxylic acids is 1. The summed E-state index contributed by atoms with van der Waals surface area (Å²) in [6.45, 7) is 1.41. The van der Waals surface area contributed by atoms with Crippen molar-refractivity contribution < 1.29 is 9.52 Å². The maximum atomic E-state index is 12.8. The highest BCUT2D eigenvalue weighted by Crippen LogP contribution is 2.28. The van der Waals surface area contributed by atoms with Crippen molar-refractivity contribution in [2.75, 3.05) is 6.54 Å². The van der Waals surface area contributed by atoms with Crippen LogP contribution in [0.25, 0.3) is 0 Å². The Morgan fingerprint density at radius 1 is 1.14 bits per heavy atom. The Balaban J connectivity index is 1.77. The summed E-state index contributed by atoms with van der Waals surface area (Å²) < 4.78 is 0.699. The zero-order valence-electron chi connectivity index (χ0n) is 12.5. The third-order valence-corrected chi connectivity index (χ3v) is 4.26. The SMILES string of the molecule is O=C(c1cc[n+]([O-])cc1)N(Cc1ccccc1)CC1CCC1. The largest absolute Gasteiger partial charge is 0.619 e. The summed E-state index contributed by atoms with van der Waals surface area (Å²) in [5.41, 5.74) is 1.70. The highest BCUT2D eigenvalue weighted by molar-refractivity contribution is 5.93. The molecule has 1 heterocycles. The molecule has 1 saturated carbocycles. The molecular weight excluding hydrogens is 276 g/mol. The van der Waals surface area contributed by atoms with Crippen molar-refractivity contribution in [1.29, 1.82) is 0 Å². The zero-order chi connectivity index (χ0) is 15.4. The molecule has 114 valence electrons. The second-order valence-corrected chi connectivity index (χ2v) is 5.91. The highest BCUT2D eigenvalue weighted by atomic mass is 16.5. The first kappa shape index (κ1) is 14.6. The van der Waals surface area contributed by atoms with Crippen LogP contribution in [0.4, 0.5) is 0 Å². The lowest BCUT2D eigenvalue weighted by Crippen LogP contribution is -2.37. The smallest absolute Gasteiger partial charge is 0.254 e. The van der Waals surface area contributed by atoms with Gasteiger partial charge in [-0.05, 0) is 24.3 Å². The van der Waals surface area contributed by atoms with Crippen LogP contribution in [-0.4, -0.2) is 17.4 Å². The van der Waals surface area contributed by atoms with Gasteiger partial charge in [-0.3, -0.25) is 4.79 Å². The van der Waals surface area contributed by atoms with Gasteiger partial charge in [-0.25, -0.2) is 0 Å². The van der Waals surface area contributed by atoms with E-state index in [1.807, 2.05) is 35.2 Å². The van der Waals surface area contributed by atoms with Crippen molar-refractivity contribution >= 4 is 5.91 Å². The summed E-state index contributed by atoms with van der Waals surface area (Å²) in [6.07, 6.45) is 6.41. The van der Waals surface area contributed by atoms with Crippen molar-refractivity contribution in [2.24, 2.45) is 5.92 Å². The van der Waals surface area contributed by atoms with Crippen LogP contribution in [-0.2, 0) is 6.54 Å². The van der Waals surface area contributed by atoms with Gasteiger partial charge >= 0.3 is 0 Å². The van der Waals surface area contributed by atoms with Gasteiger partial charge < -0.3 is 10.1 Å². The summed E-state index contributed by atoms with van der Waals surface area (Å²) in [7, 11) is 0. The molecule has 22 heavy (non-hydrogen) atoms. The lowest BCUT2D eigenvalue weighted by Gasteiger charge is -2.32. The average molecular weight is 296 g/mol. The lowest BCUT2D eigenvalue weighted by atomic mass is 9.85. The molecule has 1 aromatic carbocycles. The molecule has 1 fully saturated rings. The highest BCUT2D eigenvalue weighted by Gasteiger charge is 2.24. The Labute approximate surface area is 130 Å². The maximum absolute atomic E-state index is 12.8. The second-order valence-electron chi connectivity index (χ2n) is 5.91. The molecule has 0 unspecified atom stereocenters. The van der Waals surface area contributed by atoms with E-state index in [-0.39, 0.29) is 5.91 Å². The van der Waals surface area contributed by atoms with Crippen molar-refractivity contribution in [1.82, 2.24) is 4.90 Å². The number of hydrogen-bond donors (Lipinski definition) is 0. The molecule has 0 radical (unpaired) electrons. The third kappa shape index (κ3) is 3.45. The normalized spacial score (nSPS) is 14.4. The molecule has 4 heteroatoms. The Bertz CT molecular complexity index is 621. The molecule has 0 aliphatic heterocycles. The van der Waals surface area contributed by atoms with E-state index in [1.54, 1.807) is 12.1 Å². The molecule has 1 aliphatic rings. The van der Waals surface area contributed by atoms with Crippen LogP contribution < -0.4 is 4.73 Å². The molecule has 0 saturated heterocycles. The molecule has 0 spiro atoms. The van der Waals surface area contributed by atoms with Gasteiger partial charge in [0.2, 0.25) is 0 Å². The predicted octanol–water partition coefficient (Wildman–Crippen LogP) is 2.76. The van der Waals surface area contributed by atoms with Gasteiger partial charge in [-0.1, -0.05) is 36.8 Å². The minimum atomic E-state index is -0.00338. The predicted molar refractivity (Wildman–Crippen MR) is 83.9 cm³/mol. The Hall–Kier alpha value is -2.36. The Morgan fingerprint density at radius 3 is 2.41 bits per heavy atom. The number of carbonyl (C=O) groups is 1. The van der Waals surface area contributed by atoms with E-state index in [1.165, 1.54) is 31.7 Å². The molecule has 1 aliphatic carbocycles. The molecule has 1 amide bonds. The Morgan fingerprint density at radius 2 is 1.82 bits per heavy atom. The number of benzene rings is 1. The molecule has 0 atom stereocenters. The number of rotatable bonds is 5. The van der Waals surface area contributed by atoms with E-state index in [9.17, 15) is 10.0 Å². The van der Waals surface area contributed by atoms with Crippen LogP contribution in [0.2, 0.25) is 0 Å². The van der Waals surface area contributed by atoms with Gasteiger partial charge in [0.15, 0.2) is 12.4 Å². The molecular formula is C18H20N2O2. The van der Waals surface area contributed by atoms with Crippen LogP contribution in [0.3, 0.4) is 0 Å². The van der Waals surface area contributed by atoms with Gasteiger partial charge in [0.25, 0.3) is 5.91 Å².